The average Bonchev–Trinajstić information content (AvgIpc) is 2.55. The van der Waals surface area contributed by atoms with Gasteiger partial charge >= 0.3 is 0 Å². The molecule has 0 aliphatic heterocycles. The van der Waals surface area contributed by atoms with E-state index in [-0.39, 0.29) is 11.6 Å². The zero-order chi connectivity index (χ0) is 17.7. The minimum atomic E-state index is -4.07. The molecule has 24 heavy (non-hydrogen) atoms. The number of sulfonamides is 1. The number of hydrogen-bond acceptors (Lipinski definition) is 3. The van der Waals surface area contributed by atoms with Crippen molar-refractivity contribution in [2.45, 2.75) is 4.90 Å². The Labute approximate surface area is 138 Å². The summed E-state index contributed by atoms with van der Waals surface area (Å²) in [4.78, 5) is 11.3. The molecule has 0 spiro atoms. The van der Waals surface area contributed by atoms with Crippen molar-refractivity contribution in [3.63, 3.8) is 0 Å². The summed E-state index contributed by atoms with van der Waals surface area (Å²) in [5, 5.41) is 2.58. The Hall–Kier alpha value is -2.74. The lowest BCUT2D eigenvalue weighted by atomic mass is 10.2. The SMILES string of the molecule is C=CCNC(=O)c1ccc(NS(=O)(=O)c2ccc(F)c(F)c2)cc1. The van der Waals surface area contributed by atoms with Crippen LogP contribution >= 0.6 is 0 Å². The summed E-state index contributed by atoms with van der Waals surface area (Å²) < 4.78 is 52.6. The van der Waals surface area contributed by atoms with E-state index in [0.29, 0.717) is 18.2 Å². The molecular weight excluding hydrogens is 338 g/mol. The first-order valence-corrected chi connectivity index (χ1v) is 8.29. The van der Waals surface area contributed by atoms with E-state index < -0.39 is 26.6 Å². The zero-order valence-electron chi connectivity index (χ0n) is 12.4. The monoisotopic (exact) mass is 352 g/mol. The maximum atomic E-state index is 13.2. The molecule has 0 unspecified atom stereocenters. The van der Waals surface area contributed by atoms with Crippen LogP contribution in [0.3, 0.4) is 0 Å². The molecule has 5 nitrogen and oxygen atoms in total. The molecule has 0 radical (unpaired) electrons. The molecule has 0 aliphatic rings. The number of nitrogens with one attached hydrogen (secondary N) is 2. The molecule has 8 heteroatoms. The lowest BCUT2D eigenvalue weighted by Crippen LogP contribution is -2.23. The van der Waals surface area contributed by atoms with Crippen LogP contribution in [0.4, 0.5) is 14.5 Å². The Morgan fingerprint density at radius 1 is 1.08 bits per heavy atom. The van der Waals surface area contributed by atoms with Gasteiger partial charge in [-0.15, -0.1) is 6.58 Å². The molecule has 2 aromatic carbocycles. The number of benzene rings is 2. The number of rotatable bonds is 6. The van der Waals surface area contributed by atoms with Crippen LogP contribution in [0.15, 0.2) is 60.0 Å². The number of carbonyl (C=O) groups is 1. The van der Waals surface area contributed by atoms with Gasteiger partial charge in [0.2, 0.25) is 0 Å². The number of halogens is 2. The Bertz CT molecular complexity index is 865. The normalized spacial score (nSPS) is 10.9. The van der Waals surface area contributed by atoms with Crippen molar-refractivity contribution in [3.05, 3.63) is 72.3 Å². The third kappa shape index (κ3) is 4.17. The van der Waals surface area contributed by atoms with Crippen LogP contribution in [0.5, 0.6) is 0 Å². The molecule has 2 N–H and O–H groups in total. The number of amides is 1. The van der Waals surface area contributed by atoms with Gasteiger partial charge in [-0.05, 0) is 42.5 Å². The van der Waals surface area contributed by atoms with Crippen molar-refractivity contribution in [2.75, 3.05) is 11.3 Å². The average molecular weight is 352 g/mol. The molecule has 0 bridgehead atoms. The highest BCUT2D eigenvalue weighted by atomic mass is 32.2. The van der Waals surface area contributed by atoms with Gasteiger partial charge in [0, 0.05) is 17.8 Å². The van der Waals surface area contributed by atoms with Crippen molar-refractivity contribution >= 4 is 21.6 Å². The molecule has 2 aromatic rings. The quantitative estimate of drug-likeness (QED) is 0.785. The van der Waals surface area contributed by atoms with E-state index in [4.69, 9.17) is 0 Å². The van der Waals surface area contributed by atoms with Crippen LogP contribution < -0.4 is 10.0 Å². The van der Waals surface area contributed by atoms with Crippen LogP contribution in [0, 0.1) is 11.6 Å². The Balaban J connectivity index is 2.16. The molecule has 0 fully saturated rings. The van der Waals surface area contributed by atoms with Gasteiger partial charge in [0.25, 0.3) is 15.9 Å². The molecule has 0 aliphatic carbocycles. The fourth-order valence-electron chi connectivity index (χ4n) is 1.81. The van der Waals surface area contributed by atoms with E-state index in [1.807, 2.05) is 0 Å². The summed E-state index contributed by atoms with van der Waals surface area (Å²) in [6.07, 6.45) is 1.53. The predicted molar refractivity (Wildman–Crippen MR) is 86.1 cm³/mol. The third-order valence-electron chi connectivity index (χ3n) is 3.01. The highest BCUT2D eigenvalue weighted by molar-refractivity contribution is 7.92. The fourth-order valence-corrected chi connectivity index (χ4v) is 2.88. The van der Waals surface area contributed by atoms with Gasteiger partial charge in [-0.25, -0.2) is 17.2 Å². The molecule has 0 aromatic heterocycles. The molecule has 0 saturated carbocycles. The topological polar surface area (TPSA) is 75.3 Å². The molecule has 126 valence electrons. The first-order valence-electron chi connectivity index (χ1n) is 6.80. The van der Waals surface area contributed by atoms with Gasteiger partial charge in [0.15, 0.2) is 11.6 Å². The van der Waals surface area contributed by atoms with E-state index in [9.17, 15) is 22.0 Å². The van der Waals surface area contributed by atoms with Crippen molar-refractivity contribution in [1.82, 2.24) is 5.32 Å². The van der Waals surface area contributed by atoms with Crippen LogP contribution in [0.25, 0.3) is 0 Å². The van der Waals surface area contributed by atoms with Gasteiger partial charge in [-0.2, -0.15) is 0 Å². The Morgan fingerprint density at radius 2 is 1.75 bits per heavy atom. The Morgan fingerprint density at radius 3 is 2.33 bits per heavy atom. The van der Waals surface area contributed by atoms with Crippen LogP contribution in [0.2, 0.25) is 0 Å². The number of anilines is 1. The highest BCUT2D eigenvalue weighted by Crippen LogP contribution is 2.18. The number of carbonyl (C=O) groups excluding carboxylic acids is 1. The molecular formula is C16H14F2N2O3S. The summed E-state index contributed by atoms with van der Waals surface area (Å²) in [6.45, 7) is 3.79. The molecule has 1 amide bonds. The first kappa shape index (κ1) is 17.6. The van der Waals surface area contributed by atoms with E-state index >= 15 is 0 Å². The van der Waals surface area contributed by atoms with Gasteiger partial charge in [-0.3, -0.25) is 9.52 Å². The lowest BCUT2D eigenvalue weighted by molar-refractivity contribution is 0.0958. The van der Waals surface area contributed by atoms with E-state index in [1.165, 1.54) is 30.3 Å². The van der Waals surface area contributed by atoms with Crippen LogP contribution in [-0.4, -0.2) is 20.9 Å². The summed E-state index contributed by atoms with van der Waals surface area (Å²) in [6, 6.07) is 7.92. The number of hydrogen-bond donors (Lipinski definition) is 2. The van der Waals surface area contributed by atoms with Gasteiger partial charge in [0.1, 0.15) is 0 Å². The third-order valence-corrected chi connectivity index (χ3v) is 4.39. The van der Waals surface area contributed by atoms with Crippen molar-refractivity contribution < 1.29 is 22.0 Å². The maximum absolute atomic E-state index is 13.2. The first-order chi connectivity index (χ1) is 11.3. The van der Waals surface area contributed by atoms with Crippen LogP contribution in [0.1, 0.15) is 10.4 Å². The van der Waals surface area contributed by atoms with Gasteiger partial charge < -0.3 is 5.32 Å². The summed E-state index contributed by atoms with van der Waals surface area (Å²) >= 11 is 0. The van der Waals surface area contributed by atoms with Crippen molar-refractivity contribution in [1.29, 1.82) is 0 Å². The fraction of sp³-hybridized carbons (Fsp3) is 0.0625. The second kappa shape index (κ2) is 7.22. The van der Waals surface area contributed by atoms with Crippen molar-refractivity contribution in [3.8, 4) is 0 Å². The minimum absolute atomic E-state index is 0.181. The molecule has 0 saturated heterocycles. The standard InChI is InChI=1S/C16H14F2N2O3S/c1-2-9-19-16(21)11-3-5-12(6-4-11)20-24(22,23)13-7-8-14(17)15(18)10-13/h2-8,10,20H,1,9H2,(H,19,21). The Kier molecular flexibility index (Phi) is 5.30. The van der Waals surface area contributed by atoms with E-state index in [2.05, 4.69) is 16.6 Å². The van der Waals surface area contributed by atoms with Gasteiger partial charge in [0.05, 0.1) is 4.90 Å². The largest absolute Gasteiger partial charge is 0.349 e. The highest BCUT2D eigenvalue weighted by Gasteiger charge is 2.17. The molecule has 2 rings (SSSR count). The zero-order valence-corrected chi connectivity index (χ0v) is 13.2. The van der Waals surface area contributed by atoms with Crippen LogP contribution in [-0.2, 0) is 10.0 Å². The summed E-state index contributed by atoms with van der Waals surface area (Å²) in [5.74, 6) is -2.72. The second-order valence-electron chi connectivity index (χ2n) is 4.76. The maximum Gasteiger partial charge on any atom is 0.261 e. The molecule has 0 heterocycles. The van der Waals surface area contributed by atoms with E-state index in [1.54, 1.807) is 0 Å². The lowest BCUT2D eigenvalue weighted by Gasteiger charge is -2.09. The predicted octanol–water partition coefficient (Wildman–Crippen LogP) is 2.68. The van der Waals surface area contributed by atoms with Crippen molar-refractivity contribution in [2.24, 2.45) is 0 Å². The second-order valence-corrected chi connectivity index (χ2v) is 6.44. The summed E-state index contributed by atoms with van der Waals surface area (Å²) in [7, 11) is -4.07. The molecule has 0 atom stereocenters. The smallest absolute Gasteiger partial charge is 0.261 e. The summed E-state index contributed by atoms with van der Waals surface area (Å²) in [5.41, 5.74) is 0.521. The van der Waals surface area contributed by atoms with Gasteiger partial charge in [-0.1, -0.05) is 6.08 Å². The minimum Gasteiger partial charge on any atom is -0.349 e. The van der Waals surface area contributed by atoms with E-state index in [0.717, 1.165) is 12.1 Å².